The van der Waals surface area contributed by atoms with E-state index in [0.717, 1.165) is 12.8 Å². The standard InChI is InChI=1S/C12H12BrFO2/c13-12(6-1-7-16-8-12)11(15)9-2-4-10(14)5-3-9/h2-5H,1,6-8H2. The molecular formula is C12H12BrFO2. The van der Waals surface area contributed by atoms with Gasteiger partial charge in [-0.2, -0.15) is 0 Å². The Bertz CT molecular complexity index is 383. The fraction of sp³-hybridized carbons (Fsp3) is 0.417. The molecule has 0 aromatic heterocycles. The molecule has 1 aromatic rings. The van der Waals surface area contributed by atoms with Crippen LogP contribution in [0.3, 0.4) is 0 Å². The molecule has 1 aliphatic rings. The molecule has 0 amide bonds. The van der Waals surface area contributed by atoms with Gasteiger partial charge in [-0.25, -0.2) is 4.39 Å². The molecule has 1 saturated heterocycles. The van der Waals surface area contributed by atoms with Gasteiger partial charge >= 0.3 is 0 Å². The van der Waals surface area contributed by atoms with Gasteiger partial charge in [0.1, 0.15) is 10.1 Å². The normalized spacial score (nSPS) is 25.4. The van der Waals surface area contributed by atoms with Gasteiger partial charge in [0.05, 0.1) is 6.61 Å². The minimum atomic E-state index is -0.636. The first-order valence-electron chi connectivity index (χ1n) is 5.19. The lowest BCUT2D eigenvalue weighted by atomic mass is 9.92. The summed E-state index contributed by atoms with van der Waals surface area (Å²) >= 11 is 3.45. The summed E-state index contributed by atoms with van der Waals surface area (Å²) in [5.41, 5.74) is 0.517. The Hall–Kier alpha value is -0.740. The molecule has 0 N–H and O–H groups in total. The van der Waals surface area contributed by atoms with Crippen molar-refractivity contribution >= 4 is 21.7 Å². The van der Waals surface area contributed by atoms with Gasteiger partial charge in [0.25, 0.3) is 0 Å². The third kappa shape index (κ3) is 2.33. The van der Waals surface area contributed by atoms with Gasteiger partial charge in [0, 0.05) is 12.2 Å². The third-order valence-electron chi connectivity index (χ3n) is 2.71. The zero-order chi connectivity index (χ0) is 11.6. The number of alkyl halides is 1. The highest BCUT2D eigenvalue weighted by Gasteiger charge is 2.38. The Morgan fingerprint density at radius 1 is 1.38 bits per heavy atom. The molecule has 0 bridgehead atoms. The SMILES string of the molecule is O=C(c1ccc(F)cc1)C1(Br)CCCOC1. The number of Topliss-reactive ketones (excluding diaryl/α,β-unsaturated/α-hetero) is 1. The summed E-state index contributed by atoms with van der Waals surface area (Å²) in [5.74, 6) is -0.368. The molecule has 1 aliphatic heterocycles. The second-order valence-electron chi connectivity index (χ2n) is 3.96. The number of benzene rings is 1. The summed E-state index contributed by atoms with van der Waals surface area (Å²) in [4.78, 5) is 12.2. The number of rotatable bonds is 2. The number of ketones is 1. The van der Waals surface area contributed by atoms with Crippen LogP contribution in [0.25, 0.3) is 0 Å². The number of ether oxygens (including phenoxy) is 1. The largest absolute Gasteiger partial charge is 0.380 e. The van der Waals surface area contributed by atoms with E-state index in [4.69, 9.17) is 4.74 Å². The van der Waals surface area contributed by atoms with E-state index in [0.29, 0.717) is 18.8 Å². The Kier molecular flexibility index (Phi) is 3.40. The van der Waals surface area contributed by atoms with Crippen molar-refractivity contribution in [2.75, 3.05) is 13.2 Å². The summed E-state index contributed by atoms with van der Waals surface area (Å²) in [6.07, 6.45) is 1.61. The van der Waals surface area contributed by atoms with E-state index in [-0.39, 0.29) is 11.6 Å². The molecule has 2 nitrogen and oxygen atoms in total. The number of carbonyl (C=O) groups is 1. The predicted molar refractivity (Wildman–Crippen MR) is 62.4 cm³/mol. The second-order valence-corrected chi connectivity index (χ2v) is 5.48. The topological polar surface area (TPSA) is 26.3 Å². The van der Waals surface area contributed by atoms with E-state index in [9.17, 15) is 9.18 Å². The first-order valence-corrected chi connectivity index (χ1v) is 5.98. The van der Waals surface area contributed by atoms with Crippen LogP contribution < -0.4 is 0 Å². The van der Waals surface area contributed by atoms with Gasteiger partial charge < -0.3 is 4.74 Å². The summed E-state index contributed by atoms with van der Waals surface area (Å²) in [6.45, 7) is 1.08. The van der Waals surface area contributed by atoms with E-state index < -0.39 is 4.32 Å². The number of hydrogen-bond donors (Lipinski definition) is 0. The smallest absolute Gasteiger partial charge is 0.181 e. The number of hydrogen-bond acceptors (Lipinski definition) is 2. The molecule has 1 unspecified atom stereocenters. The van der Waals surface area contributed by atoms with Gasteiger partial charge in [-0.05, 0) is 37.1 Å². The molecule has 1 aromatic carbocycles. The van der Waals surface area contributed by atoms with Crippen molar-refractivity contribution in [1.82, 2.24) is 0 Å². The molecule has 0 spiro atoms. The summed E-state index contributed by atoms with van der Waals surface area (Å²) in [6, 6.07) is 5.62. The maximum absolute atomic E-state index is 12.7. The fourth-order valence-electron chi connectivity index (χ4n) is 1.80. The summed E-state index contributed by atoms with van der Waals surface area (Å²) in [5, 5.41) is 0. The minimum absolute atomic E-state index is 0.0350. The van der Waals surface area contributed by atoms with Crippen molar-refractivity contribution in [3.8, 4) is 0 Å². The predicted octanol–water partition coefficient (Wildman–Crippen LogP) is 2.95. The molecule has 16 heavy (non-hydrogen) atoms. The zero-order valence-corrected chi connectivity index (χ0v) is 10.3. The number of halogens is 2. The summed E-state index contributed by atoms with van der Waals surface area (Å²) < 4.78 is 17.4. The highest BCUT2D eigenvalue weighted by Crippen LogP contribution is 2.32. The molecule has 0 radical (unpaired) electrons. The average molecular weight is 287 g/mol. The van der Waals surface area contributed by atoms with E-state index in [1.54, 1.807) is 0 Å². The molecule has 4 heteroatoms. The van der Waals surface area contributed by atoms with Crippen LogP contribution in [0, 0.1) is 5.82 Å². The first kappa shape index (κ1) is 11.7. The van der Waals surface area contributed by atoms with E-state index in [2.05, 4.69) is 15.9 Å². The van der Waals surface area contributed by atoms with Gasteiger partial charge in [0.2, 0.25) is 0 Å². The van der Waals surface area contributed by atoms with Crippen LogP contribution >= 0.6 is 15.9 Å². The Morgan fingerprint density at radius 2 is 2.06 bits per heavy atom. The van der Waals surface area contributed by atoms with Crippen LogP contribution in [-0.4, -0.2) is 23.3 Å². The van der Waals surface area contributed by atoms with Crippen molar-refractivity contribution in [1.29, 1.82) is 0 Å². The van der Waals surface area contributed by atoms with Crippen molar-refractivity contribution in [2.45, 2.75) is 17.2 Å². The first-order chi connectivity index (χ1) is 7.62. The quantitative estimate of drug-likeness (QED) is 0.617. The average Bonchev–Trinajstić information content (AvgIpc) is 2.30. The number of carbonyl (C=O) groups excluding carboxylic acids is 1. The van der Waals surface area contributed by atoms with E-state index in [1.165, 1.54) is 24.3 Å². The lowest BCUT2D eigenvalue weighted by molar-refractivity contribution is 0.0578. The third-order valence-corrected chi connectivity index (χ3v) is 3.69. The molecule has 0 saturated carbocycles. The maximum Gasteiger partial charge on any atom is 0.181 e. The van der Waals surface area contributed by atoms with Crippen molar-refractivity contribution in [2.24, 2.45) is 0 Å². The van der Waals surface area contributed by atoms with Crippen LogP contribution in [0.2, 0.25) is 0 Å². The highest BCUT2D eigenvalue weighted by molar-refractivity contribution is 9.10. The van der Waals surface area contributed by atoms with Crippen LogP contribution in [0.4, 0.5) is 4.39 Å². The zero-order valence-electron chi connectivity index (χ0n) is 8.71. The molecule has 86 valence electrons. The van der Waals surface area contributed by atoms with Gasteiger partial charge in [-0.15, -0.1) is 0 Å². The summed E-state index contributed by atoms with van der Waals surface area (Å²) in [7, 11) is 0. The van der Waals surface area contributed by atoms with Gasteiger partial charge in [-0.1, -0.05) is 15.9 Å². The van der Waals surface area contributed by atoms with Crippen LogP contribution in [0.15, 0.2) is 24.3 Å². The molecule has 2 rings (SSSR count). The van der Waals surface area contributed by atoms with Crippen molar-refractivity contribution in [3.63, 3.8) is 0 Å². The van der Waals surface area contributed by atoms with E-state index >= 15 is 0 Å². The Labute approximate surface area is 102 Å². The minimum Gasteiger partial charge on any atom is -0.380 e. The Balaban J connectivity index is 2.20. The highest BCUT2D eigenvalue weighted by atomic mass is 79.9. The molecule has 0 aliphatic carbocycles. The van der Waals surface area contributed by atoms with Crippen LogP contribution in [0.1, 0.15) is 23.2 Å². The fourth-order valence-corrected chi connectivity index (χ4v) is 2.47. The van der Waals surface area contributed by atoms with Gasteiger partial charge in [-0.3, -0.25) is 4.79 Å². The lowest BCUT2D eigenvalue weighted by Crippen LogP contribution is -2.40. The molecule has 1 atom stereocenters. The molecular weight excluding hydrogens is 275 g/mol. The second kappa shape index (κ2) is 4.63. The monoisotopic (exact) mass is 286 g/mol. The van der Waals surface area contributed by atoms with Crippen molar-refractivity contribution < 1.29 is 13.9 Å². The van der Waals surface area contributed by atoms with Crippen molar-refractivity contribution in [3.05, 3.63) is 35.6 Å². The maximum atomic E-state index is 12.7. The van der Waals surface area contributed by atoms with Gasteiger partial charge in [0.15, 0.2) is 5.78 Å². The van der Waals surface area contributed by atoms with Crippen LogP contribution in [0.5, 0.6) is 0 Å². The molecule has 1 fully saturated rings. The molecule has 1 heterocycles. The van der Waals surface area contributed by atoms with E-state index in [1.807, 2.05) is 0 Å². The lowest BCUT2D eigenvalue weighted by Gasteiger charge is -2.29. The van der Waals surface area contributed by atoms with Crippen LogP contribution in [-0.2, 0) is 4.74 Å². The Morgan fingerprint density at radius 3 is 2.62 bits per heavy atom.